The molecule has 0 fully saturated rings. The first-order valence-corrected chi connectivity index (χ1v) is 6.43. The molecule has 0 saturated carbocycles. The zero-order valence-electron chi connectivity index (χ0n) is 11.8. The van der Waals surface area contributed by atoms with Crippen molar-refractivity contribution in [1.82, 2.24) is 5.32 Å². The van der Waals surface area contributed by atoms with Crippen molar-refractivity contribution < 1.29 is 27.8 Å². The van der Waals surface area contributed by atoms with Crippen LogP contribution in [0.2, 0.25) is 0 Å². The number of halogens is 3. The number of carbonyl (C=O) groups excluding carboxylic acids is 1. The Morgan fingerprint density at radius 2 is 1.86 bits per heavy atom. The number of hydrogen-bond acceptors (Lipinski definition) is 3. The molecule has 2 N–H and O–H groups in total. The lowest BCUT2D eigenvalue weighted by atomic mass is 10.1. The van der Waals surface area contributed by atoms with E-state index in [0.29, 0.717) is 6.61 Å². The number of aliphatic hydroxyl groups is 1. The van der Waals surface area contributed by atoms with Gasteiger partial charge < -0.3 is 15.2 Å². The zero-order valence-corrected chi connectivity index (χ0v) is 11.8. The van der Waals surface area contributed by atoms with Crippen molar-refractivity contribution in [2.45, 2.75) is 38.8 Å². The molecule has 4 nitrogen and oxygen atoms in total. The van der Waals surface area contributed by atoms with Gasteiger partial charge in [0.1, 0.15) is 0 Å². The summed E-state index contributed by atoms with van der Waals surface area (Å²) >= 11 is 0. The minimum absolute atomic E-state index is 0.0804. The largest absolute Gasteiger partial charge is 0.416 e. The molecule has 1 rings (SSSR count). The molecule has 0 aromatic heterocycles. The predicted octanol–water partition coefficient (Wildman–Crippen LogP) is 2.26. The molecule has 0 spiro atoms. The second kappa shape index (κ2) is 7.42. The Labute approximate surface area is 120 Å². The fourth-order valence-corrected chi connectivity index (χ4v) is 1.42. The van der Waals surface area contributed by atoms with E-state index in [9.17, 15) is 18.0 Å². The summed E-state index contributed by atoms with van der Waals surface area (Å²) < 4.78 is 41.7. The highest BCUT2D eigenvalue weighted by molar-refractivity contribution is 5.94. The molecule has 118 valence electrons. The Morgan fingerprint density at radius 3 is 2.33 bits per heavy atom. The molecule has 0 aliphatic heterocycles. The molecule has 7 heteroatoms. The highest BCUT2D eigenvalue weighted by Gasteiger charge is 2.38. The highest BCUT2D eigenvalue weighted by atomic mass is 19.4. The summed E-state index contributed by atoms with van der Waals surface area (Å²) in [6.45, 7) is 3.31. The van der Waals surface area contributed by atoms with Gasteiger partial charge in [-0.1, -0.05) is 12.1 Å². The van der Waals surface area contributed by atoms with Gasteiger partial charge in [-0.2, -0.15) is 13.2 Å². The van der Waals surface area contributed by atoms with Gasteiger partial charge in [-0.25, -0.2) is 0 Å². The van der Waals surface area contributed by atoms with Crippen LogP contribution in [0.5, 0.6) is 0 Å². The summed E-state index contributed by atoms with van der Waals surface area (Å²) in [4.78, 5) is 11.6. The number of nitrogens with one attached hydrogen (secondary N) is 1. The number of alkyl halides is 3. The lowest BCUT2D eigenvalue weighted by molar-refractivity contribution is -0.201. The van der Waals surface area contributed by atoms with Crippen molar-refractivity contribution in [1.29, 1.82) is 0 Å². The number of amides is 1. The normalized spacial score (nSPS) is 13.3. The topological polar surface area (TPSA) is 58.6 Å². The summed E-state index contributed by atoms with van der Waals surface area (Å²) in [5.74, 6) is -0.672. The SMILES string of the molecule is CC(C)OCc1ccc(C(=O)NCC(O)C(F)(F)F)cc1. The van der Waals surface area contributed by atoms with Gasteiger partial charge in [0, 0.05) is 5.56 Å². The minimum Gasteiger partial charge on any atom is -0.382 e. The van der Waals surface area contributed by atoms with Gasteiger partial charge in [-0.15, -0.1) is 0 Å². The van der Waals surface area contributed by atoms with E-state index < -0.39 is 24.7 Å². The first-order chi connectivity index (χ1) is 9.70. The predicted molar refractivity (Wildman–Crippen MR) is 70.8 cm³/mol. The summed E-state index contributed by atoms with van der Waals surface area (Å²) in [6.07, 6.45) is -7.23. The second-order valence-electron chi connectivity index (χ2n) is 4.82. The Balaban J connectivity index is 2.52. The third kappa shape index (κ3) is 6.14. The molecular weight excluding hydrogens is 287 g/mol. The Morgan fingerprint density at radius 1 is 1.29 bits per heavy atom. The summed E-state index contributed by atoms with van der Waals surface area (Å²) in [6, 6.07) is 6.32. The van der Waals surface area contributed by atoms with Crippen LogP contribution < -0.4 is 5.32 Å². The Hall–Kier alpha value is -1.60. The van der Waals surface area contributed by atoms with Crippen LogP contribution in [0.25, 0.3) is 0 Å². The van der Waals surface area contributed by atoms with E-state index in [1.165, 1.54) is 12.1 Å². The van der Waals surface area contributed by atoms with Crippen molar-refractivity contribution in [3.8, 4) is 0 Å². The van der Waals surface area contributed by atoms with Gasteiger partial charge in [-0.3, -0.25) is 4.79 Å². The van der Waals surface area contributed by atoms with Crippen molar-refractivity contribution >= 4 is 5.91 Å². The van der Waals surface area contributed by atoms with Gasteiger partial charge >= 0.3 is 6.18 Å². The number of carbonyl (C=O) groups is 1. The summed E-state index contributed by atoms with van der Waals surface area (Å²) in [5.41, 5.74) is 1.08. The van der Waals surface area contributed by atoms with E-state index in [1.54, 1.807) is 12.1 Å². The lowest BCUT2D eigenvalue weighted by Crippen LogP contribution is -2.40. The van der Waals surface area contributed by atoms with E-state index in [2.05, 4.69) is 0 Å². The highest BCUT2D eigenvalue weighted by Crippen LogP contribution is 2.19. The van der Waals surface area contributed by atoms with Crippen molar-refractivity contribution in [3.05, 3.63) is 35.4 Å². The van der Waals surface area contributed by atoms with Crippen LogP contribution in [0.4, 0.5) is 13.2 Å². The Bertz CT molecular complexity index is 458. The summed E-state index contributed by atoms with van der Waals surface area (Å²) in [5, 5.41) is 10.8. The standard InChI is InChI=1S/C14H18F3NO3/c1-9(2)21-8-10-3-5-11(6-4-10)13(20)18-7-12(19)14(15,16)17/h3-6,9,12,19H,7-8H2,1-2H3,(H,18,20). The molecule has 1 unspecified atom stereocenters. The van der Waals surface area contributed by atoms with Crippen LogP contribution in [0.3, 0.4) is 0 Å². The molecule has 0 radical (unpaired) electrons. The van der Waals surface area contributed by atoms with Crippen molar-refractivity contribution in [2.75, 3.05) is 6.54 Å². The fraction of sp³-hybridized carbons (Fsp3) is 0.500. The number of rotatable bonds is 6. The number of benzene rings is 1. The maximum absolute atomic E-state index is 12.1. The first-order valence-electron chi connectivity index (χ1n) is 6.43. The fourth-order valence-electron chi connectivity index (χ4n) is 1.42. The minimum atomic E-state index is -4.74. The molecule has 0 bridgehead atoms. The van der Waals surface area contributed by atoms with E-state index >= 15 is 0 Å². The van der Waals surface area contributed by atoms with Gasteiger partial charge in [0.2, 0.25) is 0 Å². The maximum atomic E-state index is 12.1. The van der Waals surface area contributed by atoms with Gasteiger partial charge in [0.05, 0.1) is 19.3 Å². The molecule has 21 heavy (non-hydrogen) atoms. The summed E-state index contributed by atoms with van der Waals surface area (Å²) in [7, 11) is 0. The van der Waals surface area contributed by atoms with Gasteiger partial charge in [0.25, 0.3) is 5.91 Å². The maximum Gasteiger partial charge on any atom is 0.416 e. The molecule has 1 aromatic rings. The van der Waals surface area contributed by atoms with Gasteiger partial charge in [-0.05, 0) is 31.5 Å². The molecule has 0 aliphatic carbocycles. The third-order valence-electron chi connectivity index (χ3n) is 2.63. The average Bonchev–Trinajstić information content (AvgIpc) is 2.41. The van der Waals surface area contributed by atoms with Gasteiger partial charge in [0.15, 0.2) is 6.10 Å². The number of hydrogen-bond donors (Lipinski definition) is 2. The monoisotopic (exact) mass is 305 g/mol. The van der Waals surface area contributed by atoms with E-state index in [1.807, 2.05) is 19.2 Å². The van der Waals surface area contributed by atoms with Crippen LogP contribution in [-0.4, -0.2) is 35.9 Å². The zero-order chi connectivity index (χ0) is 16.0. The molecule has 1 amide bonds. The molecular formula is C14H18F3NO3. The van der Waals surface area contributed by atoms with E-state index in [4.69, 9.17) is 9.84 Å². The molecule has 0 saturated heterocycles. The Kier molecular flexibility index (Phi) is 6.17. The number of ether oxygens (including phenoxy) is 1. The van der Waals surface area contributed by atoms with Crippen molar-refractivity contribution in [2.24, 2.45) is 0 Å². The molecule has 1 aromatic carbocycles. The third-order valence-corrected chi connectivity index (χ3v) is 2.63. The quantitative estimate of drug-likeness (QED) is 0.847. The average molecular weight is 305 g/mol. The molecule has 0 heterocycles. The molecule has 0 aliphatic rings. The second-order valence-corrected chi connectivity index (χ2v) is 4.82. The first kappa shape index (κ1) is 17.5. The van der Waals surface area contributed by atoms with E-state index in [0.717, 1.165) is 5.56 Å². The van der Waals surface area contributed by atoms with Crippen LogP contribution >= 0.6 is 0 Å². The molecule has 1 atom stereocenters. The van der Waals surface area contributed by atoms with Crippen molar-refractivity contribution in [3.63, 3.8) is 0 Å². The lowest BCUT2D eigenvalue weighted by Gasteiger charge is -2.15. The van der Waals surface area contributed by atoms with Crippen LogP contribution in [0.1, 0.15) is 29.8 Å². The van der Waals surface area contributed by atoms with Crippen LogP contribution in [-0.2, 0) is 11.3 Å². The van der Waals surface area contributed by atoms with E-state index in [-0.39, 0.29) is 11.7 Å². The smallest absolute Gasteiger partial charge is 0.382 e. The van der Waals surface area contributed by atoms with Crippen LogP contribution in [0.15, 0.2) is 24.3 Å². The number of aliphatic hydroxyl groups excluding tert-OH is 1. The van der Waals surface area contributed by atoms with Crippen LogP contribution in [0, 0.1) is 0 Å².